The standard InChI is InChI=1S/C14H13Cl2N3/c1-6-11-12(16)13(17-19(11)5)14-8(2)7-10(15)9(3)18(14)4/h1,7H,3H2,2,4-5H3. The van der Waals surface area contributed by atoms with Gasteiger partial charge < -0.3 is 4.90 Å². The van der Waals surface area contributed by atoms with E-state index < -0.39 is 0 Å². The monoisotopic (exact) mass is 293 g/mol. The maximum atomic E-state index is 6.31. The van der Waals surface area contributed by atoms with E-state index in [9.17, 15) is 0 Å². The number of halogens is 2. The Balaban J connectivity index is 2.69. The van der Waals surface area contributed by atoms with Gasteiger partial charge in [-0.05, 0) is 24.5 Å². The van der Waals surface area contributed by atoms with Crippen molar-refractivity contribution in [3.05, 3.63) is 45.4 Å². The van der Waals surface area contributed by atoms with Crippen molar-refractivity contribution in [2.75, 3.05) is 7.05 Å². The molecule has 3 nitrogen and oxygen atoms in total. The smallest absolute Gasteiger partial charge is 0.129 e. The van der Waals surface area contributed by atoms with Gasteiger partial charge in [0.2, 0.25) is 0 Å². The first-order valence-corrected chi connectivity index (χ1v) is 6.34. The Bertz CT molecular complexity index is 672. The molecule has 0 N–H and O–H groups in total. The number of allylic oxidation sites excluding steroid dienone is 3. The Morgan fingerprint density at radius 1 is 1.37 bits per heavy atom. The van der Waals surface area contributed by atoms with Crippen molar-refractivity contribution in [2.45, 2.75) is 6.92 Å². The average molecular weight is 294 g/mol. The molecule has 0 fully saturated rings. The van der Waals surface area contributed by atoms with Crippen molar-refractivity contribution in [2.24, 2.45) is 7.05 Å². The molecule has 0 aromatic carbocycles. The van der Waals surface area contributed by atoms with Crippen molar-refractivity contribution < 1.29 is 0 Å². The minimum atomic E-state index is 0.463. The molecule has 0 saturated carbocycles. The Hall–Kier alpha value is -1.63. The number of aryl methyl sites for hydroxylation is 1. The van der Waals surface area contributed by atoms with Crippen LogP contribution in [0.2, 0.25) is 5.02 Å². The lowest BCUT2D eigenvalue weighted by molar-refractivity contribution is 0.599. The molecule has 0 amide bonds. The van der Waals surface area contributed by atoms with Crippen molar-refractivity contribution in [1.29, 1.82) is 0 Å². The van der Waals surface area contributed by atoms with Crippen LogP contribution < -0.4 is 0 Å². The highest BCUT2D eigenvalue weighted by molar-refractivity contribution is 6.34. The summed E-state index contributed by atoms with van der Waals surface area (Å²) in [6, 6.07) is 0. The topological polar surface area (TPSA) is 21.1 Å². The minimum Gasteiger partial charge on any atom is -0.342 e. The number of hydrogen-bond acceptors (Lipinski definition) is 2. The summed E-state index contributed by atoms with van der Waals surface area (Å²) in [5.41, 5.74) is 3.71. The van der Waals surface area contributed by atoms with E-state index in [4.69, 9.17) is 29.6 Å². The van der Waals surface area contributed by atoms with Crippen LogP contribution in [-0.4, -0.2) is 21.7 Å². The number of aromatic nitrogens is 2. The summed E-state index contributed by atoms with van der Waals surface area (Å²) in [5, 5.41) is 5.46. The SMILES string of the molecule is C#Cc1c(Cl)c(C2=C(C)C=C(Cl)C(=C)N2C)nn1C. The molecule has 0 radical (unpaired) electrons. The number of hydrogen-bond donors (Lipinski definition) is 0. The van der Waals surface area contributed by atoms with E-state index in [1.807, 2.05) is 24.9 Å². The van der Waals surface area contributed by atoms with Crippen LogP contribution in [0.15, 0.2) is 29.0 Å². The molecule has 1 aliphatic heterocycles. The van der Waals surface area contributed by atoms with E-state index in [-0.39, 0.29) is 0 Å². The summed E-state index contributed by atoms with van der Waals surface area (Å²) in [7, 11) is 3.64. The normalized spacial score (nSPS) is 15.7. The van der Waals surface area contributed by atoms with Crippen molar-refractivity contribution in [3.63, 3.8) is 0 Å². The van der Waals surface area contributed by atoms with Gasteiger partial charge in [0, 0.05) is 14.1 Å². The van der Waals surface area contributed by atoms with Crippen LogP contribution in [-0.2, 0) is 7.05 Å². The van der Waals surface area contributed by atoms with Crippen LogP contribution in [0.3, 0.4) is 0 Å². The third kappa shape index (κ3) is 2.07. The second-order valence-corrected chi connectivity index (χ2v) is 5.09. The zero-order valence-electron chi connectivity index (χ0n) is 11.0. The van der Waals surface area contributed by atoms with Gasteiger partial charge in [0.25, 0.3) is 0 Å². The van der Waals surface area contributed by atoms with Crippen molar-refractivity contribution in [3.8, 4) is 12.3 Å². The molecule has 0 spiro atoms. The summed E-state index contributed by atoms with van der Waals surface area (Å²) >= 11 is 12.4. The van der Waals surface area contributed by atoms with Gasteiger partial charge in [0.05, 0.1) is 16.4 Å². The fraction of sp³-hybridized carbons (Fsp3) is 0.214. The predicted molar refractivity (Wildman–Crippen MR) is 79.6 cm³/mol. The second-order valence-electron chi connectivity index (χ2n) is 4.31. The fourth-order valence-electron chi connectivity index (χ4n) is 2.05. The van der Waals surface area contributed by atoms with Crippen molar-refractivity contribution in [1.82, 2.24) is 14.7 Å². The lowest BCUT2D eigenvalue weighted by Crippen LogP contribution is -2.20. The van der Waals surface area contributed by atoms with E-state index in [1.54, 1.807) is 11.7 Å². The molecule has 0 aliphatic carbocycles. The molecule has 0 bridgehead atoms. The third-order valence-corrected chi connectivity index (χ3v) is 3.77. The molecule has 5 heteroatoms. The Kier molecular flexibility index (Phi) is 3.49. The summed E-state index contributed by atoms with van der Waals surface area (Å²) in [6.45, 7) is 5.88. The third-order valence-electron chi connectivity index (χ3n) is 3.08. The highest BCUT2D eigenvalue weighted by Crippen LogP contribution is 2.37. The van der Waals surface area contributed by atoms with E-state index in [0.29, 0.717) is 27.1 Å². The zero-order chi connectivity index (χ0) is 14.3. The number of terminal acetylenes is 1. The molecule has 0 unspecified atom stereocenters. The maximum absolute atomic E-state index is 6.31. The highest BCUT2D eigenvalue weighted by atomic mass is 35.5. The first-order chi connectivity index (χ1) is 8.88. The number of rotatable bonds is 1. The highest BCUT2D eigenvalue weighted by Gasteiger charge is 2.25. The molecule has 2 heterocycles. The van der Waals surface area contributed by atoms with E-state index in [0.717, 1.165) is 11.3 Å². The molecule has 98 valence electrons. The van der Waals surface area contributed by atoms with Gasteiger partial charge in [-0.25, -0.2) is 0 Å². The summed E-state index contributed by atoms with van der Waals surface area (Å²) in [4.78, 5) is 1.87. The lowest BCUT2D eigenvalue weighted by atomic mass is 10.1. The van der Waals surface area contributed by atoms with Crippen LogP contribution in [0, 0.1) is 12.3 Å². The lowest BCUT2D eigenvalue weighted by Gasteiger charge is -2.28. The maximum Gasteiger partial charge on any atom is 0.129 e. The number of nitrogens with zero attached hydrogens (tertiary/aromatic N) is 3. The molecule has 0 atom stereocenters. The van der Waals surface area contributed by atoms with Gasteiger partial charge in [-0.1, -0.05) is 29.8 Å². The molecule has 2 rings (SSSR count). The Morgan fingerprint density at radius 3 is 2.53 bits per heavy atom. The zero-order valence-corrected chi connectivity index (χ0v) is 12.5. The molecule has 1 aromatic rings. The quantitative estimate of drug-likeness (QED) is 0.740. The van der Waals surface area contributed by atoms with Crippen LogP contribution >= 0.6 is 23.2 Å². The van der Waals surface area contributed by atoms with Crippen LogP contribution in [0.1, 0.15) is 18.3 Å². The molecular weight excluding hydrogens is 281 g/mol. The van der Waals surface area contributed by atoms with E-state index in [2.05, 4.69) is 17.6 Å². The second kappa shape index (κ2) is 4.80. The van der Waals surface area contributed by atoms with E-state index >= 15 is 0 Å². The molecule has 1 aromatic heterocycles. The summed E-state index contributed by atoms with van der Waals surface area (Å²) in [5.74, 6) is 2.54. The van der Waals surface area contributed by atoms with Gasteiger partial charge in [0.1, 0.15) is 16.4 Å². The summed E-state index contributed by atoms with van der Waals surface area (Å²) < 4.78 is 1.59. The molecule has 19 heavy (non-hydrogen) atoms. The van der Waals surface area contributed by atoms with Gasteiger partial charge in [0.15, 0.2) is 0 Å². The van der Waals surface area contributed by atoms with Gasteiger partial charge >= 0.3 is 0 Å². The molecule has 0 saturated heterocycles. The molecule has 1 aliphatic rings. The van der Waals surface area contributed by atoms with Gasteiger partial charge in [-0.2, -0.15) is 5.10 Å². The molecular formula is C14H13Cl2N3. The average Bonchev–Trinajstić information content (AvgIpc) is 2.62. The first-order valence-electron chi connectivity index (χ1n) is 5.59. The minimum absolute atomic E-state index is 0.463. The van der Waals surface area contributed by atoms with Gasteiger partial charge in [-0.3, -0.25) is 4.68 Å². The first kappa shape index (κ1) is 13.8. The Morgan fingerprint density at radius 2 is 2.00 bits per heavy atom. The number of likely N-dealkylation sites (N-methyl/N-ethyl adjacent to an activating group) is 1. The summed E-state index contributed by atoms with van der Waals surface area (Å²) in [6.07, 6.45) is 7.28. The van der Waals surface area contributed by atoms with Crippen LogP contribution in [0.25, 0.3) is 5.70 Å². The van der Waals surface area contributed by atoms with Crippen molar-refractivity contribution >= 4 is 28.9 Å². The fourth-order valence-corrected chi connectivity index (χ4v) is 2.65. The predicted octanol–water partition coefficient (Wildman–Crippen LogP) is 3.37. The largest absolute Gasteiger partial charge is 0.342 e. The Labute approximate surface area is 122 Å². The van der Waals surface area contributed by atoms with Crippen LogP contribution in [0.5, 0.6) is 0 Å². The van der Waals surface area contributed by atoms with Gasteiger partial charge in [-0.15, -0.1) is 6.42 Å². The van der Waals surface area contributed by atoms with Crippen LogP contribution in [0.4, 0.5) is 0 Å². The van der Waals surface area contributed by atoms with E-state index in [1.165, 1.54) is 0 Å².